The third-order valence-corrected chi connectivity index (χ3v) is 4.75. The Morgan fingerprint density at radius 1 is 1.14 bits per heavy atom. The van der Waals surface area contributed by atoms with Crippen LogP contribution >= 0.6 is 0 Å². The van der Waals surface area contributed by atoms with Crippen LogP contribution in [0.15, 0.2) is 34.7 Å². The lowest BCUT2D eigenvalue weighted by Crippen LogP contribution is -2.08. The molecule has 1 N–H and O–H groups in total. The number of hydrogen-bond acceptors (Lipinski definition) is 4. The number of aryl methyl sites for hydroxylation is 2. The molecule has 0 fully saturated rings. The van der Waals surface area contributed by atoms with Crippen LogP contribution in [0, 0.1) is 13.8 Å². The summed E-state index contributed by atoms with van der Waals surface area (Å²) in [6.07, 6.45) is 0. The van der Waals surface area contributed by atoms with Crippen molar-refractivity contribution in [2.45, 2.75) is 25.4 Å². The van der Waals surface area contributed by atoms with Gasteiger partial charge in [-0.1, -0.05) is 24.3 Å². The normalized spacial score (nSPS) is 11.5. The fourth-order valence-corrected chi connectivity index (χ4v) is 3.73. The highest BCUT2D eigenvalue weighted by Crippen LogP contribution is 2.20. The number of furan rings is 1. The van der Waals surface area contributed by atoms with Crippen LogP contribution in [0.25, 0.3) is 0 Å². The first-order valence-corrected chi connectivity index (χ1v) is 8.18. The monoisotopic (exact) mass is 308 g/mol. The van der Waals surface area contributed by atoms with E-state index in [0.29, 0.717) is 11.3 Å². The molecule has 6 heteroatoms. The summed E-state index contributed by atoms with van der Waals surface area (Å²) in [6.45, 7) is 3.42. The molecule has 0 aliphatic rings. The zero-order valence-electron chi connectivity index (χ0n) is 11.8. The van der Waals surface area contributed by atoms with E-state index in [-0.39, 0.29) is 17.3 Å². The second-order valence-corrected chi connectivity index (χ2v) is 7.02. The molecule has 0 atom stereocenters. The van der Waals surface area contributed by atoms with E-state index in [9.17, 15) is 13.2 Å². The maximum absolute atomic E-state index is 12.3. The van der Waals surface area contributed by atoms with Gasteiger partial charge in [-0.3, -0.25) is 0 Å². The van der Waals surface area contributed by atoms with Gasteiger partial charge in [-0.2, -0.15) is 0 Å². The summed E-state index contributed by atoms with van der Waals surface area (Å²) in [7, 11) is -3.40. The summed E-state index contributed by atoms with van der Waals surface area (Å²) in [5.74, 6) is -1.44. The van der Waals surface area contributed by atoms with Crippen molar-refractivity contribution in [2.75, 3.05) is 0 Å². The zero-order valence-corrected chi connectivity index (χ0v) is 12.6. The molecule has 5 nitrogen and oxygen atoms in total. The topological polar surface area (TPSA) is 84.6 Å². The Balaban J connectivity index is 2.22. The minimum absolute atomic E-state index is 0.0767. The molecule has 0 spiro atoms. The van der Waals surface area contributed by atoms with E-state index in [1.165, 1.54) is 6.07 Å². The smallest absolute Gasteiger partial charge is 0.371 e. The fourth-order valence-electron chi connectivity index (χ4n) is 2.07. The summed E-state index contributed by atoms with van der Waals surface area (Å²) in [4.78, 5) is 10.8. The van der Waals surface area contributed by atoms with Gasteiger partial charge in [-0.15, -0.1) is 0 Å². The van der Waals surface area contributed by atoms with Gasteiger partial charge >= 0.3 is 5.97 Å². The van der Waals surface area contributed by atoms with Crippen LogP contribution in [0.5, 0.6) is 0 Å². The van der Waals surface area contributed by atoms with Gasteiger partial charge in [0.2, 0.25) is 5.76 Å². The molecule has 0 bridgehead atoms. The fraction of sp³-hybridized carbons (Fsp3) is 0.267. The van der Waals surface area contributed by atoms with Gasteiger partial charge in [0, 0.05) is 5.56 Å². The summed E-state index contributed by atoms with van der Waals surface area (Å²) in [6, 6.07) is 8.55. The van der Waals surface area contributed by atoms with Crippen molar-refractivity contribution in [3.05, 3.63) is 58.5 Å². The van der Waals surface area contributed by atoms with Crippen molar-refractivity contribution in [2.24, 2.45) is 0 Å². The second-order valence-electron chi connectivity index (χ2n) is 4.96. The summed E-state index contributed by atoms with van der Waals surface area (Å²) in [5.41, 5.74) is 2.05. The molecule has 0 saturated carbocycles. The van der Waals surface area contributed by atoms with Gasteiger partial charge < -0.3 is 9.52 Å². The Bertz CT molecular complexity index is 771. The Labute approximate surface area is 123 Å². The third kappa shape index (κ3) is 3.72. The number of sulfone groups is 1. The van der Waals surface area contributed by atoms with E-state index in [1.807, 2.05) is 19.1 Å². The summed E-state index contributed by atoms with van der Waals surface area (Å²) >= 11 is 0. The van der Waals surface area contributed by atoms with Crippen LogP contribution in [-0.2, 0) is 21.3 Å². The molecular weight excluding hydrogens is 292 g/mol. The van der Waals surface area contributed by atoms with E-state index < -0.39 is 15.8 Å². The van der Waals surface area contributed by atoms with Crippen LogP contribution in [-0.4, -0.2) is 19.5 Å². The molecule has 2 aromatic rings. The first-order chi connectivity index (χ1) is 9.78. The Morgan fingerprint density at radius 2 is 1.76 bits per heavy atom. The average molecular weight is 308 g/mol. The van der Waals surface area contributed by atoms with Gasteiger partial charge in [-0.05, 0) is 31.0 Å². The Hall–Kier alpha value is -2.08. The Morgan fingerprint density at radius 3 is 2.33 bits per heavy atom. The number of carboxylic acid groups (broad SMARTS) is 1. The molecule has 112 valence electrons. The number of carboxylic acids is 1. The van der Waals surface area contributed by atoms with E-state index in [4.69, 9.17) is 9.52 Å². The molecule has 21 heavy (non-hydrogen) atoms. The van der Waals surface area contributed by atoms with Crippen molar-refractivity contribution in [1.82, 2.24) is 0 Å². The van der Waals surface area contributed by atoms with Crippen molar-refractivity contribution in [3.63, 3.8) is 0 Å². The number of hydrogen-bond donors (Lipinski definition) is 1. The average Bonchev–Trinajstić information content (AvgIpc) is 2.73. The minimum atomic E-state index is -3.40. The molecule has 1 heterocycles. The highest BCUT2D eigenvalue weighted by Gasteiger charge is 2.20. The van der Waals surface area contributed by atoms with Gasteiger partial charge in [-0.25, -0.2) is 13.2 Å². The number of rotatable bonds is 5. The minimum Gasteiger partial charge on any atom is -0.475 e. The van der Waals surface area contributed by atoms with E-state index in [0.717, 1.165) is 11.1 Å². The summed E-state index contributed by atoms with van der Waals surface area (Å²) < 4.78 is 29.6. The summed E-state index contributed by atoms with van der Waals surface area (Å²) in [5, 5.41) is 8.85. The quantitative estimate of drug-likeness (QED) is 0.918. The molecule has 2 rings (SSSR count). The Kier molecular flexibility index (Phi) is 4.18. The number of benzene rings is 1. The van der Waals surface area contributed by atoms with E-state index in [2.05, 4.69) is 0 Å². The lowest BCUT2D eigenvalue weighted by Gasteiger charge is -2.06. The SMILES string of the molecule is Cc1ccccc1CS(=O)(=O)Cc1cc(C(=O)O)oc1C. The van der Waals surface area contributed by atoms with Gasteiger partial charge in [0.05, 0.1) is 11.5 Å². The van der Waals surface area contributed by atoms with Crippen molar-refractivity contribution in [1.29, 1.82) is 0 Å². The van der Waals surface area contributed by atoms with Crippen molar-refractivity contribution >= 4 is 15.8 Å². The standard InChI is InChI=1S/C15H16O5S/c1-10-5-3-4-6-12(10)8-21(18,19)9-13-7-14(15(16)17)20-11(13)2/h3-7H,8-9H2,1-2H3,(H,16,17). The van der Waals surface area contributed by atoms with Crippen LogP contribution in [0.4, 0.5) is 0 Å². The van der Waals surface area contributed by atoms with Crippen LogP contribution < -0.4 is 0 Å². The predicted molar refractivity (Wildman–Crippen MR) is 77.9 cm³/mol. The molecule has 1 aromatic carbocycles. The molecule has 0 aliphatic carbocycles. The molecule has 0 saturated heterocycles. The highest BCUT2D eigenvalue weighted by atomic mass is 32.2. The van der Waals surface area contributed by atoms with Crippen molar-refractivity contribution < 1.29 is 22.7 Å². The molecule has 1 aromatic heterocycles. The number of carbonyl (C=O) groups is 1. The van der Waals surface area contributed by atoms with Crippen LogP contribution in [0.2, 0.25) is 0 Å². The van der Waals surface area contributed by atoms with Crippen LogP contribution in [0.3, 0.4) is 0 Å². The van der Waals surface area contributed by atoms with E-state index >= 15 is 0 Å². The van der Waals surface area contributed by atoms with Gasteiger partial charge in [0.25, 0.3) is 0 Å². The second kappa shape index (κ2) is 5.73. The largest absolute Gasteiger partial charge is 0.475 e. The molecule has 0 aliphatic heterocycles. The molecule has 0 radical (unpaired) electrons. The highest BCUT2D eigenvalue weighted by molar-refractivity contribution is 7.89. The first-order valence-electron chi connectivity index (χ1n) is 6.36. The molecule has 0 unspecified atom stereocenters. The zero-order chi connectivity index (χ0) is 15.6. The predicted octanol–water partition coefficient (Wildman–Crippen LogP) is 2.71. The molecule has 0 amide bonds. The lowest BCUT2D eigenvalue weighted by atomic mass is 10.1. The van der Waals surface area contributed by atoms with Gasteiger partial charge in [0.1, 0.15) is 5.76 Å². The van der Waals surface area contributed by atoms with E-state index in [1.54, 1.807) is 19.1 Å². The lowest BCUT2D eigenvalue weighted by molar-refractivity contribution is 0.0661. The number of aromatic carboxylic acids is 1. The van der Waals surface area contributed by atoms with Crippen molar-refractivity contribution in [3.8, 4) is 0 Å². The maximum Gasteiger partial charge on any atom is 0.371 e. The third-order valence-electron chi connectivity index (χ3n) is 3.24. The maximum atomic E-state index is 12.3. The van der Waals surface area contributed by atoms with Crippen LogP contribution in [0.1, 0.15) is 33.0 Å². The molecular formula is C15H16O5S. The first kappa shape index (κ1) is 15.3. The van der Waals surface area contributed by atoms with Gasteiger partial charge in [0.15, 0.2) is 9.84 Å².